The van der Waals surface area contributed by atoms with Gasteiger partial charge in [-0.15, -0.1) is 0 Å². The summed E-state index contributed by atoms with van der Waals surface area (Å²) >= 11 is 0. The minimum Gasteiger partial charge on any atom is -0.333 e. The lowest BCUT2D eigenvalue weighted by atomic mass is 9.84. The highest BCUT2D eigenvalue weighted by molar-refractivity contribution is 5.75. The van der Waals surface area contributed by atoms with E-state index in [1.54, 1.807) is 6.92 Å². The van der Waals surface area contributed by atoms with Crippen LogP contribution < -0.4 is 0 Å². The molecule has 0 atom stereocenters. The average Bonchev–Trinajstić information content (AvgIpc) is 2.76. The summed E-state index contributed by atoms with van der Waals surface area (Å²) in [5.74, 6) is 0.934. The van der Waals surface area contributed by atoms with E-state index in [-0.39, 0.29) is 5.41 Å². The molecule has 2 rings (SSSR count). The van der Waals surface area contributed by atoms with Crippen LogP contribution in [0.3, 0.4) is 0 Å². The minimum atomic E-state index is 0.0768. The maximum Gasteiger partial charge on any atom is 0.268 e. The second-order valence-corrected chi connectivity index (χ2v) is 4.85. The van der Waals surface area contributed by atoms with E-state index in [4.69, 9.17) is 4.52 Å². The number of allylic oxidation sites excluding steroid dienone is 2. The van der Waals surface area contributed by atoms with E-state index in [1.807, 2.05) is 0 Å². The highest BCUT2D eigenvalue weighted by Gasteiger charge is 2.33. The molecule has 1 fully saturated rings. The number of nitrogens with zero attached hydrogens (tertiary/aromatic N) is 3. The van der Waals surface area contributed by atoms with E-state index in [2.05, 4.69) is 30.1 Å². The summed E-state index contributed by atoms with van der Waals surface area (Å²) in [6.45, 7) is 6.08. The summed E-state index contributed by atoms with van der Waals surface area (Å²) in [6, 6.07) is 2.21. The molecule has 1 aromatic rings. The van der Waals surface area contributed by atoms with Gasteiger partial charge in [0.05, 0.1) is 0 Å². The summed E-state index contributed by atoms with van der Waals surface area (Å²) in [6.07, 6.45) is 3.19. The van der Waals surface area contributed by atoms with Gasteiger partial charge in [0.2, 0.25) is 0 Å². The van der Waals surface area contributed by atoms with Crippen molar-refractivity contribution in [2.24, 2.45) is 5.41 Å². The second-order valence-electron chi connectivity index (χ2n) is 4.85. The quantitative estimate of drug-likeness (QED) is 0.678. The first kappa shape index (κ1) is 10.9. The van der Waals surface area contributed by atoms with Crippen LogP contribution in [0.15, 0.2) is 10.1 Å². The van der Waals surface area contributed by atoms with Gasteiger partial charge in [0.15, 0.2) is 5.82 Å². The lowest BCUT2D eigenvalue weighted by molar-refractivity contribution is 0.401. The van der Waals surface area contributed by atoms with Crippen LogP contribution >= 0.6 is 0 Å². The normalized spacial score (nSPS) is 21.9. The Hall–Kier alpha value is -1.63. The number of aromatic nitrogens is 2. The molecule has 1 aliphatic carbocycles. The predicted molar refractivity (Wildman–Crippen MR) is 59.2 cm³/mol. The highest BCUT2D eigenvalue weighted by Crippen LogP contribution is 2.45. The van der Waals surface area contributed by atoms with E-state index in [9.17, 15) is 5.26 Å². The second kappa shape index (κ2) is 3.75. The molecule has 1 aliphatic rings. The molecule has 0 aliphatic heterocycles. The van der Waals surface area contributed by atoms with Gasteiger partial charge >= 0.3 is 0 Å². The Morgan fingerprint density at radius 2 is 2.25 bits per heavy atom. The fourth-order valence-electron chi connectivity index (χ4n) is 2.30. The third-order valence-corrected chi connectivity index (χ3v) is 3.20. The molecule has 1 aromatic heterocycles. The largest absolute Gasteiger partial charge is 0.333 e. The van der Waals surface area contributed by atoms with Crippen LogP contribution in [0.5, 0.6) is 0 Å². The maximum atomic E-state index is 9.25. The molecule has 0 saturated heterocycles. The number of hydrogen-bond acceptors (Lipinski definition) is 4. The van der Waals surface area contributed by atoms with Gasteiger partial charge in [0.25, 0.3) is 5.89 Å². The van der Waals surface area contributed by atoms with Crippen molar-refractivity contribution in [3.8, 4) is 6.07 Å². The molecule has 0 spiro atoms. The van der Waals surface area contributed by atoms with E-state index in [0.29, 0.717) is 17.3 Å². The lowest BCUT2D eigenvalue weighted by Gasteiger charge is -2.19. The van der Waals surface area contributed by atoms with Crippen LogP contribution in [0.1, 0.15) is 44.8 Å². The van der Waals surface area contributed by atoms with Gasteiger partial charge < -0.3 is 4.52 Å². The first-order valence-corrected chi connectivity index (χ1v) is 5.49. The van der Waals surface area contributed by atoms with Gasteiger partial charge in [-0.1, -0.05) is 19.0 Å². The Balaban J connectivity index is 2.51. The number of nitriles is 1. The monoisotopic (exact) mass is 217 g/mol. The average molecular weight is 217 g/mol. The molecule has 4 nitrogen and oxygen atoms in total. The van der Waals surface area contributed by atoms with Crippen molar-refractivity contribution in [1.82, 2.24) is 10.1 Å². The van der Waals surface area contributed by atoms with Gasteiger partial charge in [0.1, 0.15) is 11.6 Å². The van der Waals surface area contributed by atoms with Crippen molar-refractivity contribution < 1.29 is 4.52 Å². The van der Waals surface area contributed by atoms with Crippen LogP contribution in [-0.2, 0) is 0 Å². The molecule has 16 heavy (non-hydrogen) atoms. The van der Waals surface area contributed by atoms with Crippen LogP contribution in [0.2, 0.25) is 0 Å². The Morgan fingerprint density at radius 1 is 1.50 bits per heavy atom. The molecule has 0 aromatic carbocycles. The smallest absolute Gasteiger partial charge is 0.268 e. The van der Waals surface area contributed by atoms with Crippen LogP contribution in [0, 0.1) is 23.7 Å². The summed E-state index contributed by atoms with van der Waals surface area (Å²) in [5, 5.41) is 13.0. The number of aryl methyl sites for hydroxylation is 1. The number of rotatable bonds is 1. The first-order valence-electron chi connectivity index (χ1n) is 5.49. The molecule has 84 valence electrons. The minimum absolute atomic E-state index is 0.0768. The van der Waals surface area contributed by atoms with Crippen molar-refractivity contribution in [2.45, 2.75) is 40.0 Å². The van der Waals surface area contributed by atoms with Gasteiger partial charge in [-0.2, -0.15) is 10.2 Å². The molecule has 0 radical (unpaired) electrons. The van der Waals surface area contributed by atoms with Crippen LogP contribution in [-0.4, -0.2) is 10.1 Å². The molecule has 1 saturated carbocycles. The summed E-state index contributed by atoms with van der Waals surface area (Å²) in [7, 11) is 0. The van der Waals surface area contributed by atoms with Crippen molar-refractivity contribution in [1.29, 1.82) is 5.26 Å². The lowest BCUT2D eigenvalue weighted by Crippen LogP contribution is -2.09. The molecule has 0 amide bonds. The Labute approximate surface area is 95.0 Å². The van der Waals surface area contributed by atoms with Crippen molar-refractivity contribution >= 4 is 5.57 Å². The molecule has 0 N–H and O–H groups in total. The first-order chi connectivity index (χ1) is 7.54. The van der Waals surface area contributed by atoms with E-state index in [0.717, 1.165) is 24.8 Å². The topological polar surface area (TPSA) is 62.7 Å². The molecule has 4 heteroatoms. The Bertz CT molecular complexity index is 477. The van der Waals surface area contributed by atoms with Crippen molar-refractivity contribution in [3.05, 3.63) is 17.3 Å². The molecule has 0 unspecified atom stereocenters. The number of hydrogen-bond donors (Lipinski definition) is 0. The zero-order valence-corrected chi connectivity index (χ0v) is 9.87. The van der Waals surface area contributed by atoms with E-state index >= 15 is 0 Å². The summed E-state index contributed by atoms with van der Waals surface area (Å²) < 4.78 is 5.08. The molecular formula is C12H15N3O. The standard InChI is InChI=1S/C12H15N3O/c1-8-14-11(16-15-8)9(7-13)10-5-4-6-12(10,2)3/h4-6H2,1-3H3/b10-9-. The van der Waals surface area contributed by atoms with Crippen LogP contribution in [0.4, 0.5) is 0 Å². The van der Waals surface area contributed by atoms with Crippen LogP contribution in [0.25, 0.3) is 5.57 Å². The zero-order valence-electron chi connectivity index (χ0n) is 9.87. The fourth-order valence-corrected chi connectivity index (χ4v) is 2.30. The van der Waals surface area contributed by atoms with Crippen molar-refractivity contribution in [3.63, 3.8) is 0 Å². The summed E-state index contributed by atoms with van der Waals surface area (Å²) in [5.41, 5.74) is 1.80. The SMILES string of the molecule is Cc1noc(/C(C#N)=C2/CCCC2(C)C)n1. The molecular weight excluding hydrogens is 202 g/mol. The van der Waals surface area contributed by atoms with E-state index in [1.165, 1.54) is 0 Å². The maximum absolute atomic E-state index is 9.25. The van der Waals surface area contributed by atoms with Gasteiger partial charge in [-0.25, -0.2) is 0 Å². The Morgan fingerprint density at radius 3 is 2.69 bits per heavy atom. The predicted octanol–water partition coefficient (Wildman–Crippen LogP) is 2.87. The Kier molecular flexibility index (Phi) is 2.55. The zero-order chi connectivity index (χ0) is 11.8. The summed E-state index contributed by atoms with van der Waals surface area (Å²) in [4.78, 5) is 4.13. The van der Waals surface area contributed by atoms with Gasteiger partial charge in [-0.3, -0.25) is 0 Å². The molecule has 1 heterocycles. The third kappa shape index (κ3) is 1.73. The van der Waals surface area contributed by atoms with Crippen molar-refractivity contribution in [2.75, 3.05) is 0 Å². The fraction of sp³-hybridized carbons (Fsp3) is 0.583. The van der Waals surface area contributed by atoms with Gasteiger partial charge in [0, 0.05) is 0 Å². The van der Waals surface area contributed by atoms with Gasteiger partial charge in [-0.05, 0) is 37.2 Å². The van der Waals surface area contributed by atoms with E-state index < -0.39 is 0 Å². The third-order valence-electron chi connectivity index (χ3n) is 3.20. The molecule has 0 bridgehead atoms. The highest BCUT2D eigenvalue weighted by atomic mass is 16.5.